The van der Waals surface area contributed by atoms with Gasteiger partial charge < -0.3 is 10.6 Å². The van der Waals surface area contributed by atoms with Crippen molar-refractivity contribution in [3.63, 3.8) is 0 Å². The molecular formula is C15H21N5O2. The van der Waals surface area contributed by atoms with Crippen molar-refractivity contribution in [2.24, 2.45) is 5.73 Å². The lowest BCUT2D eigenvalue weighted by molar-refractivity contribution is -0.142. The number of primary amides is 1. The molecule has 22 heavy (non-hydrogen) atoms. The van der Waals surface area contributed by atoms with Crippen LogP contribution in [0.5, 0.6) is 0 Å². The fourth-order valence-electron chi connectivity index (χ4n) is 3.25. The highest BCUT2D eigenvalue weighted by Gasteiger charge is 2.31. The minimum atomic E-state index is -0.444. The summed E-state index contributed by atoms with van der Waals surface area (Å²) in [6.45, 7) is 2.39. The van der Waals surface area contributed by atoms with Gasteiger partial charge in [0.05, 0.1) is 12.2 Å². The molecule has 1 saturated heterocycles. The molecule has 1 fully saturated rings. The van der Waals surface area contributed by atoms with Crippen LogP contribution in [-0.4, -0.2) is 57.3 Å². The Morgan fingerprint density at radius 3 is 3.00 bits per heavy atom. The molecule has 1 aromatic rings. The van der Waals surface area contributed by atoms with E-state index in [1.807, 2.05) is 6.20 Å². The van der Waals surface area contributed by atoms with Gasteiger partial charge >= 0.3 is 0 Å². The van der Waals surface area contributed by atoms with Crippen LogP contribution in [-0.2, 0) is 22.6 Å². The lowest BCUT2D eigenvalue weighted by Crippen LogP contribution is -2.53. The Morgan fingerprint density at radius 1 is 1.32 bits per heavy atom. The predicted molar refractivity (Wildman–Crippen MR) is 79.6 cm³/mol. The summed E-state index contributed by atoms with van der Waals surface area (Å²) in [6.07, 6.45) is 6.80. The van der Waals surface area contributed by atoms with E-state index < -0.39 is 11.9 Å². The second-order valence-corrected chi connectivity index (χ2v) is 5.96. The van der Waals surface area contributed by atoms with Gasteiger partial charge in [0.25, 0.3) is 0 Å². The van der Waals surface area contributed by atoms with Gasteiger partial charge in [-0.15, -0.1) is 0 Å². The molecule has 0 aliphatic carbocycles. The average molecular weight is 303 g/mol. The quantitative estimate of drug-likeness (QED) is 0.827. The van der Waals surface area contributed by atoms with E-state index >= 15 is 0 Å². The first-order valence-electron chi connectivity index (χ1n) is 7.74. The van der Waals surface area contributed by atoms with Crippen molar-refractivity contribution < 1.29 is 9.59 Å². The Balaban J connectivity index is 1.63. The maximum absolute atomic E-state index is 12.5. The molecule has 2 N–H and O–H groups in total. The Kier molecular flexibility index (Phi) is 4.33. The van der Waals surface area contributed by atoms with E-state index in [9.17, 15) is 9.59 Å². The second-order valence-electron chi connectivity index (χ2n) is 5.96. The van der Waals surface area contributed by atoms with Crippen molar-refractivity contribution in [3.8, 4) is 0 Å². The zero-order valence-corrected chi connectivity index (χ0v) is 12.6. The average Bonchev–Trinajstić information content (AvgIpc) is 2.54. The third-order valence-corrected chi connectivity index (χ3v) is 4.46. The molecule has 0 unspecified atom stereocenters. The maximum atomic E-state index is 12.5. The normalized spacial score (nSPS) is 22.2. The van der Waals surface area contributed by atoms with Gasteiger partial charge in [0, 0.05) is 25.8 Å². The van der Waals surface area contributed by atoms with E-state index in [4.69, 9.17) is 5.73 Å². The first-order chi connectivity index (χ1) is 10.6. The molecule has 3 heterocycles. The molecule has 118 valence electrons. The molecule has 7 nitrogen and oxygen atoms in total. The topological polar surface area (TPSA) is 92.4 Å². The number of nitrogens with zero attached hydrogens (tertiary/aromatic N) is 4. The van der Waals surface area contributed by atoms with Crippen LogP contribution in [0.4, 0.5) is 0 Å². The number of hydrogen-bond donors (Lipinski definition) is 1. The van der Waals surface area contributed by atoms with Gasteiger partial charge in [-0.2, -0.15) is 0 Å². The number of hydrogen-bond acceptors (Lipinski definition) is 5. The molecular weight excluding hydrogens is 282 g/mol. The summed E-state index contributed by atoms with van der Waals surface area (Å²) in [7, 11) is 0. The van der Waals surface area contributed by atoms with E-state index in [1.165, 1.54) is 6.33 Å². The van der Waals surface area contributed by atoms with Gasteiger partial charge in [0.2, 0.25) is 11.8 Å². The van der Waals surface area contributed by atoms with Crippen molar-refractivity contribution in [3.05, 3.63) is 23.8 Å². The monoisotopic (exact) mass is 303 g/mol. The standard InChI is InChI=1S/C15H21N5O2/c16-15(22)13-3-1-2-5-20(13)14(21)9-19-6-4-11-7-17-10-18-12(11)8-19/h7,10,13H,1-6,8-9H2,(H2,16,22)/t13-/m0/s1. The number of rotatable bonds is 3. The van der Waals surface area contributed by atoms with Crippen molar-refractivity contribution in [1.29, 1.82) is 0 Å². The number of piperidine rings is 1. The van der Waals surface area contributed by atoms with Gasteiger partial charge in [0.1, 0.15) is 12.4 Å². The van der Waals surface area contributed by atoms with Gasteiger partial charge in [0.15, 0.2) is 0 Å². The van der Waals surface area contributed by atoms with Crippen LogP contribution >= 0.6 is 0 Å². The highest BCUT2D eigenvalue weighted by Crippen LogP contribution is 2.19. The minimum absolute atomic E-state index is 0.0130. The number of likely N-dealkylation sites (tertiary alicyclic amines) is 1. The zero-order chi connectivity index (χ0) is 15.5. The Bertz CT molecular complexity index is 577. The molecule has 2 aliphatic rings. The van der Waals surface area contributed by atoms with Crippen LogP contribution in [0.25, 0.3) is 0 Å². The molecule has 0 radical (unpaired) electrons. The van der Waals surface area contributed by atoms with Crippen LogP contribution in [0.3, 0.4) is 0 Å². The smallest absolute Gasteiger partial charge is 0.240 e. The molecule has 2 amide bonds. The van der Waals surface area contributed by atoms with Crippen molar-refractivity contribution >= 4 is 11.8 Å². The number of fused-ring (bicyclic) bond motifs is 1. The zero-order valence-electron chi connectivity index (χ0n) is 12.6. The second kappa shape index (κ2) is 6.39. The molecule has 1 aromatic heterocycles. The Morgan fingerprint density at radius 2 is 2.18 bits per heavy atom. The molecule has 3 rings (SSSR count). The minimum Gasteiger partial charge on any atom is -0.368 e. The number of amides is 2. The van der Waals surface area contributed by atoms with E-state index in [2.05, 4.69) is 14.9 Å². The number of aromatic nitrogens is 2. The summed E-state index contributed by atoms with van der Waals surface area (Å²) in [5.74, 6) is -0.411. The molecule has 0 bridgehead atoms. The number of nitrogens with two attached hydrogens (primary N) is 1. The molecule has 2 aliphatic heterocycles. The summed E-state index contributed by atoms with van der Waals surface area (Å²) < 4.78 is 0. The maximum Gasteiger partial charge on any atom is 0.240 e. The highest BCUT2D eigenvalue weighted by molar-refractivity contribution is 5.87. The van der Waals surface area contributed by atoms with Crippen molar-refractivity contribution in [1.82, 2.24) is 19.8 Å². The summed E-state index contributed by atoms with van der Waals surface area (Å²) in [4.78, 5) is 36.1. The summed E-state index contributed by atoms with van der Waals surface area (Å²) in [5, 5.41) is 0. The third kappa shape index (κ3) is 3.09. The van der Waals surface area contributed by atoms with Crippen molar-refractivity contribution in [2.75, 3.05) is 19.6 Å². The van der Waals surface area contributed by atoms with Gasteiger partial charge in [-0.05, 0) is 31.2 Å². The van der Waals surface area contributed by atoms with Crippen LogP contribution < -0.4 is 5.73 Å². The summed E-state index contributed by atoms with van der Waals surface area (Å²) >= 11 is 0. The van der Waals surface area contributed by atoms with E-state index in [0.29, 0.717) is 26.1 Å². The predicted octanol–water partition coefficient (Wildman–Crippen LogP) is -0.299. The van der Waals surface area contributed by atoms with E-state index in [-0.39, 0.29) is 5.91 Å². The van der Waals surface area contributed by atoms with Crippen LogP contribution in [0.2, 0.25) is 0 Å². The fraction of sp³-hybridized carbons (Fsp3) is 0.600. The summed E-state index contributed by atoms with van der Waals surface area (Å²) in [6, 6.07) is -0.444. The lowest BCUT2D eigenvalue weighted by atomic mass is 10.0. The fourth-order valence-corrected chi connectivity index (χ4v) is 3.25. The van der Waals surface area contributed by atoms with Crippen LogP contribution in [0.1, 0.15) is 30.5 Å². The Hall–Kier alpha value is -2.02. The van der Waals surface area contributed by atoms with E-state index in [0.717, 1.165) is 37.1 Å². The highest BCUT2D eigenvalue weighted by atomic mass is 16.2. The molecule has 0 aromatic carbocycles. The number of carbonyl (C=O) groups is 2. The molecule has 0 saturated carbocycles. The van der Waals surface area contributed by atoms with Crippen LogP contribution in [0, 0.1) is 0 Å². The van der Waals surface area contributed by atoms with Gasteiger partial charge in [-0.25, -0.2) is 9.97 Å². The number of carbonyl (C=O) groups excluding carboxylic acids is 2. The molecule has 0 spiro atoms. The third-order valence-electron chi connectivity index (χ3n) is 4.46. The molecule has 7 heteroatoms. The van der Waals surface area contributed by atoms with Gasteiger partial charge in [-0.1, -0.05) is 0 Å². The van der Waals surface area contributed by atoms with E-state index in [1.54, 1.807) is 4.90 Å². The summed E-state index contributed by atoms with van der Waals surface area (Å²) in [5.41, 5.74) is 7.57. The van der Waals surface area contributed by atoms with Gasteiger partial charge in [-0.3, -0.25) is 14.5 Å². The first-order valence-corrected chi connectivity index (χ1v) is 7.74. The van der Waals surface area contributed by atoms with Crippen molar-refractivity contribution in [2.45, 2.75) is 38.3 Å². The SMILES string of the molecule is NC(=O)[C@@H]1CCCCN1C(=O)CN1CCc2cncnc2C1. The Labute approximate surface area is 129 Å². The first kappa shape index (κ1) is 14.9. The largest absolute Gasteiger partial charge is 0.368 e. The molecule has 1 atom stereocenters. The lowest BCUT2D eigenvalue weighted by Gasteiger charge is -2.36. The van der Waals surface area contributed by atoms with Crippen LogP contribution in [0.15, 0.2) is 12.5 Å².